The quantitative estimate of drug-likeness (QED) is 0.167. The van der Waals surface area contributed by atoms with Crippen LogP contribution in [0.25, 0.3) is 0 Å². The predicted octanol–water partition coefficient (Wildman–Crippen LogP) is 6.06. The van der Waals surface area contributed by atoms with Gasteiger partial charge in [0.15, 0.2) is 0 Å². The molecule has 0 saturated carbocycles. The summed E-state index contributed by atoms with van der Waals surface area (Å²) in [6.07, 6.45) is 25.8. The lowest BCUT2D eigenvalue weighted by Gasteiger charge is -2.03. The molecule has 0 aromatic carbocycles. The highest BCUT2D eigenvalue weighted by Gasteiger charge is 2.00. The maximum atomic E-state index is 8.88. The first-order valence-electron chi connectivity index (χ1n) is 10.9. The third kappa shape index (κ3) is 39.2. The molecule has 0 amide bonds. The average molecular weight is 396 g/mol. The van der Waals surface area contributed by atoms with Gasteiger partial charge in [-0.2, -0.15) is 0 Å². The minimum Gasteiger partial charge on any atom is -0.330 e. The Morgan fingerprint density at radius 2 is 0.731 bits per heavy atom. The monoisotopic (exact) mass is 395 g/mol. The smallest absolute Gasteiger partial charge is 0.330 e. The Bertz CT molecular complexity index is 271. The minimum absolute atomic E-state index is 0.874. The molecule has 0 atom stereocenters. The van der Waals surface area contributed by atoms with Gasteiger partial charge in [-0.1, -0.05) is 116 Å². The number of hydrogen-bond acceptors (Lipinski definition) is 2. The number of nitrogens with two attached hydrogens (primary N) is 1. The third-order valence-electron chi connectivity index (χ3n) is 4.56. The van der Waals surface area contributed by atoms with Crippen molar-refractivity contribution in [2.24, 2.45) is 5.73 Å². The molecule has 0 radical (unpaired) electrons. The van der Waals surface area contributed by atoms with Gasteiger partial charge in [0.25, 0.3) is 0 Å². The highest BCUT2D eigenvalue weighted by molar-refractivity contribution is 7.45. The van der Waals surface area contributed by atoms with E-state index in [1.165, 1.54) is 116 Å². The van der Waals surface area contributed by atoms with Crippen LogP contribution in [-0.4, -0.2) is 21.2 Å². The Hall–Kier alpha value is 0.0700. The summed E-state index contributed by atoms with van der Waals surface area (Å²) >= 11 is 0. The SMILES string of the molecule is CCCCCCCCCCCCCCCCCCCCN.O=P(O)(O)O. The van der Waals surface area contributed by atoms with Gasteiger partial charge in [-0.05, 0) is 13.0 Å². The van der Waals surface area contributed by atoms with Gasteiger partial charge in [-0.15, -0.1) is 0 Å². The van der Waals surface area contributed by atoms with E-state index in [0.717, 1.165) is 6.54 Å². The molecule has 160 valence electrons. The maximum absolute atomic E-state index is 8.88. The van der Waals surface area contributed by atoms with Gasteiger partial charge in [-0.3, -0.25) is 0 Å². The molecular weight excluding hydrogens is 349 g/mol. The Kier molecular flexibility index (Phi) is 25.1. The summed E-state index contributed by atoms with van der Waals surface area (Å²) in [6.45, 7) is 3.17. The fourth-order valence-corrected chi connectivity index (χ4v) is 3.05. The van der Waals surface area contributed by atoms with Gasteiger partial charge in [-0.25, -0.2) is 4.57 Å². The molecule has 0 aliphatic carbocycles. The van der Waals surface area contributed by atoms with Crippen LogP contribution in [0.5, 0.6) is 0 Å². The fraction of sp³-hybridized carbons (Fsp3) is 1.00. The molecule has 0 bridgehead atoms. The zero-order valence-electron chi connectivity index (χ0n) is 17.2. The zero-order chi connectivity index (χ0) is 19.9. The Morgan fingerprint density at radius 1 is 0.538 bits per heavy atom. The number of phosphoric acid groups is 1. The van der Waals surface area contributed by atoms with Crippen molar-refractivity contribution in [3.05, 3.63) is 0 Å². The van der Waals surface area contributed by atoms with Crippen LogP contribution in [0.2, 0.25) is 0 Å². The van der Waals surface area contributed by atoms with E-state index in [1.54, 1.807) is 0 Å². The van der Waals surface area contributed by atoms with Crippen molar-refractivity contribution in [2.75, 3.05) is 6.54 Å². The molecule has 5 N–H and O–H groups in total. The van der Waals surface area contributed by atoms with Gasteiger partial charge >= 0.3 is 7.82 Å². The summed E-state index contributed by atoms with van der Waals surface area (Å²) in [4.78, 5) is 21.6. The Labute approximate surface area is 162 Å². The molecule has 26 heavy (non-hydrogen) atoms. The van der Waals surface area contributed by atoms with Crippen molar-refractivity contribution >= 4 is 7.82 Å². The van der Waals surface area contributed by atoms with Crippen LogP contribution >= 0.6 is 7.82 Å². The lowest BCUT2D eigenvalue weighted by Crippen LogP contribution is -1.97. The average Bonchev–Trinajstić information content (AvgIpc) is 2.56. The number of rotatable bonds is 18. The molecule has 0 spiro atoms. The molecule has 0 fully saturated rings. The first kappa shape index (κ1) is 28.3. The van der Waals surface area contributed by atoms with E-state index in [-0.39, 0.29) is 0 Å². The van der Waals surface area contributed by atoms with Crippen LogP contribution in [0.1, 0.15) is 122 Å². The standard InChI is InChI=1S/C20H43N.H3O4P/c1-2-3-4-5-6-7-8-9-10-11-12-13-14-15-16-17-18-19-20-21;1-5(2,3)4/h2-21H2,1H3;(H3,1,2,3,4). The second-order valence-electron chi connectivity index (χ2n) is 7.31. The Balaban J connectivity index is 0. The van der Waals surface area contributed by atoms with E-state index in [9.17, 15) is 0 Å². The van der Waals surface area contributed by atoms with E-state index >= 15 is 0 Å². The molecule has 6 heteroatoms. The van der Waals surface area contributed by atoms with E-state index < -0.39 is 7.82 Å². The van der Waals surface area contributed by atoms with Crippen molar-refractivity contribution in [1.29, 1.82) is 0 Å². The molecule has 0 unspecified atom stereocenters. The molecule has 0 saturated heterocycles. The number of hydrogen-bond donors (Lipinski definition) is 4. The second-order valence-corrected chi connectivity index (χ2v) is 8.34. The summed E-state index contributed by atoms with van der Waals surface area (Å²) in [5.41, 5.74) is 5.49. The van der Waals surface area contributed by atoms with E-state index in [1.807, 2.05) is 0 Å². The lowest BCUT2D eigenvalue weighted by atomic mass is 10.0. The predicted molar refractivity (Wildman–Crippen MR) is 112 cm³/mol. The van der Waals surface area contributed by atoms with Gasteiger partial charge in [0.2, 0.25) is 0 Å². The molecule has 0 aliphatic heterocycles. The normalized spacial score (nSPS) is 11.3. The second kappa shape index (κ2) is 23.1. The largest absolute Gasteiger partial charge is 0.466 e. The Morgan fingerprint density at radius 3 is 0.923 bits per heavy atom. The van der Waals surface area contributed by atoms with Crippen LogP contribution in [-0.2, 0) is 4.57 Å². The molecule has 0 rings (SSSR count). The first-order chi connectivity index (χ1) is 12.4. The number of unbranched alkanes of at least 4 members (excludes halogenated alkanes) is 17. The third-order valence-corrected chi connectivity index (χ3v) is 4.56. The lowest BCUT2D eigenvalue weighted by molar-refractivity contribution is 0.275. The first-order valence-corrected chi connectivity index (χ1v) is 12.5. The van der Waals surface area contributed by atoms with Crippen LogP contribution < -0.4 is 5.73 Å². The highest BCUT2D eigenvalue weighted by atomic mass is 31.2. The zero-order valence-corrected chi connectivity index (χ0v) is 18.1. The van der Waals surface area contributed by atoms with Crippen molar-refractivity contribution < 1.29 is 19.2 Å². The van der Waals surface area contributed by atoms with E-state index in [4.69, 9.17) is 25.0 Å². The van der Waals surface area contributed by atoms with Crippen LogP contribution in [0.4, 0.5) is 0 Å². The molecule has 5 nitrogen and oxygen atoms in total. The molecule has 0 aliphatic rings. The summed E-state index contributed by atoms with van der Waals surface area (Å²) in [5, 5.41) is 0. The summed E-state index contributed by atoms with van der Waals surface area (Å²) < 4.78 is 8.88. The van der Waals surface area contributed by atoms with Crippen LogP contribution in [0.3, 0.4) is 0 Å². The molecule has 0 heterocycles. The maximum Gasteiger partial charge on any atom is 0.466 e. The van der Waals surface area contributed by atoms with E-state index in [0.29, 0.717) is 0 Å². The van der Waals surface area contributed by atoms with Crippen molar-refractivity contribution in [1.82, 2.24) is 0 Å². The topological polar surface area (TPSA) is 104 Å². The summed E-state index contributed by atoms with van der Waals surface area (Å²) in [5.74, 6) is 0. The molecule has 0 aromatic rings. The fourth-order valence-electron chi connectivity index (χ4n) is 3.05. The van der Waals surface area contributed by atoms with Gasteiger partial charge in [0.05, 0.1) is 0 Å². The summed E-state index contributed by atoms with van der Waals surface area (Å²) in [7, 11) is -4.64. The van der Waals surface area contributed by atoms with Crippen molar-refractivity contribution in [3.63, 3.8) is 0 Å². The molecule has 0 aromatic heterocycles. The molecular formula is C20H46NO4P. The van der Waals surface area contributed by atoms with Crippen molar-refractivity contribution in [3.8, 4) is 0 Å². The summed E-state index contributed by atoms with van der Waals surface area (Å²) in [6, 6.07) is 0. The van der Waals surface area contributed by atoms with Gasteiger partial charge in [0.1, 0.15) is 0 Å². The van der Waals surface area contributed by atoms with Crippen LogP contribution in [0.15, 0.2) is 0 Å². The van der Waals surface area contributed by atoms with Gasteiger partial charge < -0.3 is 20.4 Å². The minimum atomic E-state index is -4.64. The highest BCUT2D eigenvalue weighted by Crippen LogP contribution is 2.25. The van der Waals surface area contributed by atoms with Crippen LogP contribution in [0, 0.1) is 0 Å². The van der Waals surface area contributed by atoms with E-state index in [2.05, 4.69) is 6.92 Å². The van der Waals surface area contributed by atoms with Gasteiger partial charge in [0, 0.05) is 0 Å². The van der Waals surface area contributed by atoms with Crippen molar-refractivity contribution in [2.45, 2.75) is 122 Å².